The quantitative estimate of drug-likeness (QED) is 0.123. The van der Waals surface area contributed by atoms with E-state index in [9.17, 15) is 9.90 Å². The second kappa shape index (κ2) is 18.3. The molecule has 1 heterocycles. The van der Waals surface area contributed by atoms with Crippen LogP contribution in [0, 0.1) is 48.0 Å². The number of aliphatic hydroxyl groups is 1. The van der Waals surface area contributed by atoms with Crippen molar-refractivity contribution in [1.82, 2.24) is 4.98 Å². The van der Waals surface area contributed by atoms with Crippen LogP contribution in [0.4, 0.5) is 0 Å². The number of hydrogen-bond donors (Lipinski definition) is 1. The summed E-state index contributed by atoms with van der Waals surface area (Å²) >= 11 is 0. The summed E-state index contributed by atoms with van der Waals surface area (Å²) in [5.74, 6) is 1.48. The molecule has 0 saturated heterocycles. The van der Waals surface area contributed by atoms with Gasteiger partial charge in [0.05, 0.1) is 11.3 Å². The molecule has 3 aromatic carbocycles. The third kappa shape index (κ3) is 10.8. The third-order valence-corrected chi connectivity index (χ3v) is 15.3. The van der Waals surface area contributed by atoms with E-state index in [0.717, 1.165) is 68.1 Å². The van der Waals surface area contributed by atoms with Crippen LogP contribution in [0.1, 0.15) is 186 Å². The molecule has 321 valence electrons. The van der Waals surface area contributed by atoms with Gasteiger partial charge in [-0.05, 0) is 154 Å². The first kappa shape index (κ1) is 45.7. The van der Waals surface area contributed by atoms with E-state index in [-0.39, 0.29) is 43.1 Å². The molecule has 4 heteroatoms. The van der Waals surface area contributed by atoms with Crippen molar-refractivity contribution in [3.63, 3.8) is 0 Å². The average Bonchev–Trinajstić information content (AvgIpc) is 3.17. The molecule has 1 radical (unpaired) electrons. The second-order valence-electron chi connectivity index (χ2n) is 22.1. The van der Waals surface area contributed by atoms with E-state index in [2.05, 4.69) is 117 Å². The van der Waals surface area contributed by atoms with Crippen molar-refractivity contribution in [3.05, 3.63) is 88.7 Å². The number of fused-ring (bicyclic) bond motifs is 2. The van der Waals surface area contributed by atoms with Gasteiger partial charge < -0.3 is 5.11 Å². The van der Waals surface area contributed by atoms with Gasteiger partial charge in [0.15, 0.2) is 5.78 Å². The SMILES string of the molecule is CC1(C)CCC(C(=O)/C=C(\O)C2CCC(C)(C)CC2)CC1.Cc1cc(C)c2c(C3CCC4(CCCCC4)CC3)cc(-c3[c-]c4ccccc4c(C(C)(C)C)c3)nc2c1.[Ir]. The van der Waals surface area contributed by atoms with Crippen molar-refractivity contribution in [3.8, 4) is 11.3 Å². The van der Waals surface area contributed by atoms with Crippen LogP contribution in [0.2, 0.25) is 0 Å². The van der Waals surface area contributed by atoms with Crippen LogP contribution in [-0.4, -0.2) is 15.9 Å². The molecule has 0 amide bonds. The fourth-order valence-corrected chi connectivity index (χ4v) is 11.3. The number of aryl methyl sites for hydroxylation is 2. The number of carbonyl (C=O) groups excluding carboxylic acids is 1. The van der Waals surface area contributed by atoms with Crippen LogP contribution < -0.4 is 0 Å². The first-order valence-corrected chi connectivity index (χ1v) is 23.2. The Balaban J connectivity index is 0.000000227. The summed E-state index contributed by atoms with van der Waals surface area (Å²) in [6.45, 7) is 20.6. The number of carbonyl (C=O) groups is 1. The zero-order valence-corrected chi connectivity index (χ0v) is 40.5. The van der Waals surface area contributed by atoms with Gasteiger partial charge >= 0.3 is 0 Å². The smallest absolute Gasteiger partial charge is 0.162 e. The van der Waals surface area contributed by atoms with Crippen molar-refractivity contribution in [2.24, 2.45) is 28.1 Å². The Labute approximate surface area is 371 Å². The topological polar surface area (TPSA) is 50.2 Å². The Hall–Kier alpha value is -2.81. The molecule has 4 aliphatic rings. The normalized spacial score (nSPS) is 21.5. The number of nitrogens with zero attached hydrogens (tertiary/aromatic N) is 1. The van der Waals surface area contributed by atoms with Crippen LogP contribution in [0.25, 0.3) is 32.9 Å². The Morgan fingerprint density at radius 2 is 1.36 bits per heavy atom. The Kier molecular flexibility index (Phi) is 14.2. The average molecular weight is 973 g/mol. The monoisotopic (exact) mass is 974 g/mol. The Morgan fingerprint density at radius 1 is 0.763 bits per heavy atom. The molecule has 0 unspecified atom stereocenters. The summed E-state index contributed by atoms with van der Waals surface area (Å²) in [6.07, 6.45) is 22.8. The predicted octanol–water partition coefficient (Wildman–Crippen LogP) is 15.8. The number of benzene rings is 3. The Morgan fingerprint density at radius 3 is 1.97 bits per heavy atom. The first-order valence-electron chi connectivity index (χ1n) is 23.2. The molecule has 4 aliphatic carbocycles. The number of aliphatic hydroxyl groups excluding tert-OH is 1. The summed E-state index contributed by atoms with van der Waals surface area (Å²) in [6, 6.07) is 21.9. The second-order valence-corrected chi connectivity index (χ2v) is 22.1. The van der Waals surface area contributed by atoms with Gasteiger partial charge in [-0.3, -0.25) is 9.78 Å². The van der Waals surface area contributed by atoms with E-state index < -0.39 is 0 Å². The van der Waals surface area contributed by atoms with E-state index in [0.29, 0.717) is 27.9 Å². The number of pyridine rings is 1. The number of hydrogen-bond acceptors (Lipinski definition) is 3. The fourth-order valence-electron chi connectivity index (χ4n) is 11.3. The molecule has 4 saturated carbocycles. The van der Waals surface area contributed by atoms with E-state index in [1.54, 1.807) is 6.08 Å². The summed E-state index contributed by atoms with van der Waals surface area (Å²) < 4.78 is 0. The maximum absolute atomic E-state index is 12.4. The minimum absolute atomic E-state index is 0. The minimum Gasteiger partial charge on any atom is -0.512 e. The van der Waals surface area contributed by atoms with Gasteiger partial charge in [-0.25, -0.2) is 0 Å². The predicted molar refractivity (Wildman–Crippen MR) is 246 cm³/mol. The van der Waals surface area contributed by atoms with Crippen LogP contribution in [-0.2, 0) is 30.3 Å². The van der Waals surface area contributed by atoms with Crippen molar-refractivity contribution in [1.29, 1.82) is 0 Å². The number of ketones is 1. The van der Waals surface area contributed by atoms with Crippen molar-refractivity contribution < 1.29 is 30.0 Å². The van der Waals surface area contributed by atoms with E-state index in [1.165, 1.54) is 96.2 Å². The molecule has 0 bridgehead atoms. The molecule has 0 aliphatic heterocycles. The van der Waals surface area contributed by atoms with Gasteiger partial charge in [0, 0.05) is 49.1 Å². The molecular formula is C55H74IrNO2-. The fraction of sp³-hybridized carbons (Fsp3) is 0.600. The maximum atomic E-state index is 12.4. The number of aromatic nitrogens is 1. The van der Waals surface area contributed by atoms with E-state index >= 15 is 0 Å². The zero-order chi connectivity index (χ0) is 41.5. The molecule has 4 fully saturated rings. The standard InChI is InChI=1S/C36H42N.C19H32O2.Ir/c1-24-19-25(2)34-30(26-13-17-36(18-14-26)15-9-6-10-16-36)23-32(37-33(34)20-24)28-21-27-11-7-8-12-29(27)31(22-28)35(3,4)5;1-18(2)9-5-14(6-10-18)16(20)13-17(21)15-7-11-19(3,4)12-8-15;/h7-8,11-12,19-20,22-23,26H,6,9-10,13-18H2,1-5H3;13-15,20H,5-12H2,1-4H3;/q-1;;/b;16-13-;. The van der Waals surface area contributed by atoms with Gasteiger partial charge in [-0.1, -0.05) is 109 Å². The zero-order valence-electron chi connectivity index (χ0n) is 38.1. The summed E-state index contributed by atoms with van der Waals surface area (Å²) in [5.41, 5.74) is 10.4. The number of allylic oxidation sites excluding steroid dienone is 2. The van der Waals surface area contributed by atoms with Crippen molar-refractivity contribution in [2.45, 2.75) is 183 Å². The Bertz CT molecular complexity index is 2110. The molecule has 3 nitrogen and oxygen atoms in total. The molecule has 8 rings (SSSR count). The molecule has 4 aromatic rings. The molecule has 1 aromatic heterocycles. The summed E-state index contributed by atoms with van der Waals surface area (Å²) in [4.78, 5) is 17.7. The van der Waals surface area contributed by atoms with Crippen LogP contribution in [0.15, 0.2) is 60.4 Å². The van der Waals surface area contributed by atoms with Gasteiger partial charge in [-0.15, -0.1) is 29.1 Å². The van der Waals surface area contributed by atoms with Crippen molar-refractivity contribution in [2.75, 3.05) is 0 Å². The van der Waals surface area contributed by atoms with Gasteiger partial charge in [0.25, 0.3) is 0 Å². The summed E-state index contributed by atoms with van der Waals surface area (Å²) in [7, 11) is 0. The van der Waals surface area contributed by atoms with Gasteiger partial charge in [0.1, 0.15) is 0 Å². The van der Waals surface area contributed by atoms with Crippen LogP contribution in [0.3, 0.4) is 0 Å². The van der Waals surface area contributed by atoms with Gasteiger partial charge in [-0.2, -0.15) is 0 Å². The van der Waals surface area contributed by atoms with E-state index in [1.807, 2.05) is 0 Å². The first-order chi connectivity index (χ1) is 27.4. The largest absolute Gasteiger partial charge is 0.512 e. The van der Waals surface area contributed by atoms with Crippen LogP contribution in [0.5, 0.6) is 0 Å². The van der Waals surface area contributed by atoms with Crippen molar-refractivity contribution >= 4 is 27.5 Å². The molecular weight excluding hydrogens is 899 g/mol. The van der Waals surface area contributed by atoms with E-state index in [4.69, 9.17) is 4.98 Å². The molecule has 59 heavy (non-hydrogen) atoms. The molecule has 1 spiro atoms. The minimum atomic E-state index is 0. The summed E-state index contributed by atoms with van der Waals surface area (Å²) in [5, 5.41) is 14.2. The number of rotatable bonds is 5. The molecule has 1 N–H and O–H groups in total. The third-order valence-electron chi connectivity index (χ3n) is 15.3. The van der Waals surface area contributed by atoms with Gasteiger partial charge in [0.2, 0.25) is 0 Å². The molecule has 0 atom stereocenters. The van der Waals surface area contributed by atoms with Crippen LogP contribution >= 0.6 is 0 Å². The maximum Gasteiger partial charge on any atom is 0.162 e.